The van der Waals surface area contributed by atoms with Crippen LogP contribution in [0.25, 0.3) is 0 Å². The molecule has 1 N–H and O–H groups in total. The first-order chi connectivity index (χ1) is 15.0. The number of carbonyl (C=O) groups excluding carboxylic acids is 1. The summed E-state index contributed by atoms with van der Waals surface area (Å²) >= 11 is 0. The second kappa shape index (κ2) is 7.81. The standard InChI is InChI=1S/C22H23N5O3S/c28-22(17-9-10-21-25-31(29,30)12-11-26(21)15-17)24-19-7-4-8-20-18(19)13-23-27(20)14-16-5-2-1-3-6-16/h1-3,5-6,9-10,13,15,19H,4,7-8,11-12,14H2,(H,24,28). The Morgan fingerprint density at radius 2 is 2.03 bits per heavy atom. The number of rotatable bonds is 4. The van der Waals surface area contributed by atoms with Gasteiger partial charge in [-0.3, -0.25) is 9.48 Å². The predicted molar refractivity (Wildman–Crippen MR) is 117 cm³/mol. The van der Waals surface area contributed by atoms with Gasteiger partial charge in [0.15, 0.2) is 0 Å². The number of amidine groups is 1. The van der Waals surface area contributed by atoms with Crippen molar-refractivity contribution in [1.82, 2.24) is 20.0 Å². The molecule has 31 heavy (non-hydrogen) atoms. The van der Waals surface area contributed by atoms with Crippen molar-refractivity contribution in [3.63, 3.8) is 0 Å². The number of sulfonamides is 1. The zero-order valence-corrected chi connectivity index (χ0v) is 17.8. The summed E-state index contributed by atoms with van der Waals surface area (Å²) in [4.78, 5) is 14.6. The van der Waals surface area contributed by atoms with E-state index in [4.69, 9.17) is 0 Å². The second-order valence-electron chi connectivity index (χ2n) is 7.95. The topological polar surface area (TPSA) is 96.7 Å². The fourth-order valence-electron chi connectivity index (χ4n) is 4.24. The molecule has 1 atom stereocenters. The maximum Gasteiger partial charge on any atom is 0.256 e. The molecule has 1 amide bonds. The van der Waals surface area contributed by atoms with E-state index < -0.39 is 10.0 Å². The van der Waals surface area contributed by atoms with Gasteiger partial charge in [-0.15, -0.1) is 4.40 Å². The summed E-state index contributed by atoms with van der Waals surface area (Å²) in [5.74, 6) is 0.116. The van der Waals surface area contributed by atoms with Gasteiger partial charge in [-0.05, 0) is 37.0 Å². The maximum absolute atomic E-state index is 12.9. The van der Waals surface area contributed by atoms with E-state index in [1.807, 2.05) is 29.1 Å². The van der Waals surface area contributed by atoms with Crippen molar-refractivity contribution in [2.24, 2.45) is 4.40 Å². The van der Waals surface area contributed by atoms with Gasteiger partial charge in [0.05, 0.1) is 30.1 Å². The lowest BCUT2D eigenvalue weighted by atomic mass is 9.92. The molecule has 0 spiro atoms. The van der Waals surface area contributed by atoms with Gasteiger partial charge in [0.1, 0.15) is 5.84 Å². The summed E-state index contributed by atoms with van der Waals surface area (Å²) in [6.45, 7) is 1.01. The highest BCUT2D eigenvalue weighted by molar-refractivity contribution is 7.90. The van der Waals surface area contributed by atoms with E-state index in [-0.39, 0.29) is 17.7 Å². The summed E-state index contributed by atoms with van der Waals surface area (Å²) < 4.78 is 29.1. The Balaban J connectivity index is 1.32. The van der Waals surface area contributed by atoms with E-state index in [2.05, 4.69) is 26.9 Å². The predicted octanol–water partition coefficient (Wildman–Crippen LogP) is 1.92. The Hall–Kier alpha value is -3.20. The Kier molecular flexibility index (Phi) is 4.97. The van der Waals surface area contributed by atoms with E-state index in [1.165, 1.54) is 11.3 Å². The van der Waals surface area contributed by atoms with Crippen LogP contribution in [-0.4, -0.2) is 47.1 Å². The summed E-state index contributed by atoms with van der Waals surface area (Å²) in [6, 6.07) is 10.1. The molecule has 1 aliphatic carbocycles. The van der Waals surface area contributed by atoms with Crippen LogP contribution in [0.2, 0.25) is 0 Å². The van der Waals surface area contributed by atoms with Crippen molar-refractivity contribution in [2.45, 2.75) is 31.8 Å². The van der Waals surface area contributed by atoms with Crippen molar-refractivity contribution in [2.75, 3.05) is 12.3 Å². The lowest BCUT2D eigenvalue weighted by Gasteiger charge is -2.28. The molecule has 0 saturated heterocycles. The largest absolute Gasteiger partial charge is 0.345 e. The molecule has 1 aromatic heterocycles. The zero-order chi connectivity index (χ0) is 21.4. The third-order valence-electron chi connectivity index (χ3n) is 5.83. The average molecular weight is 438 g/mol. The number of hydrogen-bond acceptors (Lipinski definition) is 5. The van der Waals surface area contributed by atoms with Crippen molar-refractivity contribution < 1.29 is 13.2 Å². The average Bonchev–Trinajstić information content (AvgIpc) is 3.17. The molecule has 3 aliphatic rings. The molecule has 0 radical (unpaired) electrons. The smallest absolute Gasteiger partial charge is 0.256 e. The molecule has 0 fully saturated rings. The highest BCUT2D eigenvalue weighted by atomic mass is 32.2. The number of nitrogens with one attached hydrogen (secondary N) is 1. The number of benzene rings is 1. The first-order valence-corrected chi connectivity index (χ1v) is 12.0. The summed E-state index contributed by atoms with van der Waals surface area (Å²) in [5.41, 5.74) is 3.92. The highest BCUT2D eigenvalue weighted by Gasteiger charge is 2.28. The van der Waals surface area contributed by atoms with Crippen molar-refractivity contribution in [3.05, 3.63) is 77.3 Å². The molecular weight excluding hydrogens is 414 g/mol. The molecule has 2 aliphatic heterocycles. The molecular formula is C22H23N5O3S. The Morgan fingerprint density at radius 3 is 2.87 bits per heavy atom. The first-order valence-electron chi connectivity index (χ1n) is 10.4. The lowest BCUT2D eigenvalue weighted by molar-refractivity contribution is -0.118. The van der Waals surface area contributed by atoms with Gasteiger partial charge >= 0.3 is 0 Å². The van der Waals surface area contributed by atoms with Crippen LogP contribution in [0, 0.1) is 0 Å². The molecule has 160 valence electrons. The minimum atomic E-state index is -3.41. The van der Waals surface area contributed by atoms with Crippen molar-refractivity contribution in [1.29, 1.82) is 0 Å². The second-order valence-corrected chi connectivity index (χ2v) is 9.71. The molecule has 1 aromatic carbocycles. The number of nitrogens with zero attached hydrogens (tertiary/aromatic N) is 4. The molecule has 0 saturated carbocycles. The van der Waals surface area contributed by atoms with E-state index in [0.717, 1.165) is 24.8 Å². The van der Waals surface area contributed by atoms with Crippen LogP contribution in [0.4, 0.5) is 0 Å². The number of fused-ring (bicyclic) bond motifs is 2. The van der Waals surface area contributed by atoms with Gasteiger partial charge in [0.25, 0.3) is 15.9 Å². The summed E-state index contributed by atoms with van der Waals surface area (Å²) in [7, 11) is -3.41. The minimum Gasteiger partial charge on any atom is -0.345 e. The summed E-state index contributed by atoms with van der Waals surface area (Å²) in [6.07, 6.45) is 9.53. The Labute approximate surface area is 181 Å². The fourth-order valence-corrected chi connectivity index (χ4v) is 5.21. The van der Waals surface area contributed by atoms with E-state index in [9.17, 15) is 13.2 Å². The van der Waals surface area contributed by atoms with Gasteiger partial charge < -0.3 is 10.2 Å². The monoisotopic (exact) mass is 437 g/mol. The first kappa shape index (κ1) is 19.7. The molecule has 8 nitrogen and oxygen atoms in total. The van der Waals surface area contributed by atoms with Crippen LogP contribution in [0.1, 0.15) is 35.7 Å². The van der Waals surface area contributed by atoms with Crippen molar-refractivity contribution in [3.8, 4) is 0 Å². The number of aromatic nitrogens is 2. The highest BCUT2D eigenvalue weighted by Crippen LogP contribution is 2.30. The van der Waals surface area contributed by atoms with E-state index in [1.54, 1.807) is 23.3 Å². The van der Waals surface area contributed by atoms with Crippen molar-refractivity contribution >= 4 is 21.8 Å². The van der Waals surface area contributed by atoms with Crippen LogP contribution in [0.3, 0.4) is 0 Å². The third kappa shape index (κ3) is 4.05. The number of hydrogen-bond donors (Lipinski definition) is 1. The lowest BCUT2D eigenvalue weighted by Crippen LogP contribution is -2.38. The summed E-state index contributed by atoms with van der Waals surface area (Å²) in [5, 5.41) is 7.72. The van der Waals surface area contributed by atoms with Crippen LogP contribution >= 0.6 is 0 Å². The van der Waals surface area contributed by atoms with Crippen LogP contribution < -0.4 is 5.32 Å². The minimum absolute atomic E-state index is 0.0533. The molecule has 3 heterocycles. The zero-order valence-electron chi connectivity index (χ0n) is 16.9. The molecule has 1 unspecified atom stereocenters. The maximum atomic E-state index is 12.9. The van der Waals surface area contributed by atoms with E-state index >= 15 is 0 Å². The van der Waals surface area contributed by atoms with Gasteiger partial charge in [-0.2, -0.15) is 5.10 Å². The van der Waals surface area contributed by atoms with Crippen LogP contribution in [0.5, 0.6) is 0 Å². The molecule has 2 aromatic rings. The quantitative estimate of drug-likeness (QED) is 0.788. The van der Waals surface area contributed by atoms with Gasteiger partial charge in [0.2, 0.25) is 0 Å². The molecule has 5 rings (SSSR count). The van der Waals surface area contributed by atoms with Gasteiger partial charge in [-0.25, -0.2) is 8.42 Å². The fraction of sp³-hybridized carbons (Fsp3) is 0.318. The number of carbonyl (C=O) groups is 1. The Morgan fingerprint density at radius 1 is 1.19 bits per heavy atom. The van der Waals surface area contributed by atoms with Gasteiger partial charge in [-0.1, -0.05) is 30.3 Å². The normalized spacial score (nSPS) is 21.5. The van der Waals surface area contributed by atoms with Crippen LogP contribution in [-0.2, 0) is 27.8 Å². The molecule has 0 bridgehead atoms. The third-order valence-corrected chi connectivity index (χ3v) is 6.99. The van der Waals surface area contributed by atoms with Gasteiger partial charge in [0, 0.05) is 24.0 Å². The SMILES string of the molecule is O=C(NC1CCCc2c1cnn2Cc1ccccc1)C1=CN2CCS(=O)(=O)N=C2C=C1. The van der Waals surface area contributed by atoms with E-state index in [0.29, 0.717) is 24.5 Å². The molecule has 9 heteroatoms. The number of amides is 1. The van der Waals surface area contributed by atoms with Crippen LogP contribution in [0.15, 0.2) is 64.9 Å². The Bertz CT molecular complexity index is 1210.